The minimum atomic E-state index is -0.531. The number of amides is 2. The molecule has 0 aliphatic carbocycles. The third-order valence-corrected chi connectivity index (χ3v) is 5.92. The molecule has 6 nitrogen and oxygen atoms in total. The van der Waals surface area contributed by atoms with E-state index in [2.05, 4.69) is 10.3 Å². The van der Waals surface area contributed by atoms with Crippen LogP contribution in [0.4, 0.5) is 5.69 Å². The number of pyridine rings is 1. The summed E-state index contributed by atoms with van der Waals surface area (Å²) in [5.74, 6) is -0.337. The van der Waals surface area contributed by atoms with Crippen molar-refractivity contribution in [3.8, 4) is 0 Å². The fourth-order valence-corrected chi connectivity index (χ4v) is 4.31. The Morgan fingerprint density at radius 3 is 2.83 bits per heavy atom. The van der Waals surface area contributed by atoms with Gasteiger partial charge in [-0.3, -0.25) is 9.59 Å². The fraction of sp³-hybridized carbons (Fsp3) is 0.318. The SMILES string of the molecule is Cc1cccn2cc(CC(=O)N3CCCCC3C(=O)Nc3ccc(Cl)cc3Cl)nc12. The number of likely N-dealkylation sites (tertiary alicyclic amines) is 1. The summed E-state index contributed by atoms with van der Waals surface area (Å²) in [5, 5.41) is 3.70. The van der Waals surface area contributed by atoms with Crippen molar-refractivity contribution in [1.29, 1.82) is 0 Å². The number of carbonyl (C=O) groups is 2. The van der Waals surface area contributed by atoms with E-state index in [1.54, 1.807) is 23.1 Å². The van der Waals surface area contributed by atoms with Gasteiger partial charge in [-0.2, -0.15) is 0 Å². The van der Waals surface area contributed by atoms with Crippen molar-refractivity contribution in [2.24, 2.45) is 0 Å². The molecule has 8 heteroatoms. The Labute approximate surface area is 184 Å². The number of hydrogen-bond acceptors (Lipinski definition) is 3. The highest BCUT2D eigenvalue weighted by Crippen LogP contribution is 2.27. The first-order valence-electron chi connectivity index (χ1n) is 9.91. The summed E-state index contributed by atoms with van der Waals surface area (Å²) < 4.78 is 1.92. The molecule has 0 radical (unpaired) electrons. The topological polar surface area (TPSA) is 66.7 Å². The standard InChI is InChI=1S/C22H22Cl2N4O2/c1-14-5-4-9-27-13-16(25-21(14)27)12-20(29)28-10-3-2-6-19(28)22(30)26-18-8-7-15(23)11-17(18)24/h4-5,7-9,11,13,19H,2-3,6,10,12H2,1H3,(H,26,30). The second kappa shape index (κ2) is 8.66. The summed E-state index contributed by atoms with van der Waals surface area (Å²) in [6, 6.07) is 8.31. The summed E-state index contributed by atoms with van der Waals surface area (Å²) in [6.45, 7) is 2.54. The fourth-order valence-electron chi connectivity index (χ4n) is 3.86. The molecule has 4 rings (SSSR count). The zero-order valence-electron chi connectivity index (χ0n) is 16.6. The average Bonchev–Trinajstić information content (AvgIpc) is 3.14. The third kappa shape index (κ3) is 4.30. The van der Waals surface area contributed by atoms with Gasteiger partial charge >= 0.3 is 0 Å². The first-order chi connectivity index (χ1) is 14.4. The van der Waals surface area contributed by atoms with Crippen molar-refractivity contribution in [3.63, 3.8) is 0 Å². The minimum Gasteiger partial charge on any atom is -0.330 e. The van der Waals surface area contributed by atoms with Gasteiger partial charge in [0.05, 0.1) is 22.8 Å². The molecule has 1 saturated heterocycles. The number of halogens is 2. The van der Waals surface area contributed by atoms with E-state index in [4.69, 9.17) is 23.2 Å². The maximum atomic E-state index is 13.1. The maximum absolute atomic E-state index is 13.1. The van der Waals surface area contributed by atoms with Gasteiger partial charge in [0.1, 0.15) is 11.7 Å². The van der Waals surface area contributed by atoms with Crippen molar-refractivity contribution in [3.05, 3.63) is 64.0 Å². The summed E-state index contributed by atoms with van der Waals surface area (Å²) >= 11 is 12.1. The number of carbonyl (C=O) groups excluding carboxylic acids is 2. The molecule has 30 heavy (non-hydrogen) atoms. The van der Waals surface area contributed by atoms with Gasteiger partial charge in [0.15, 0.2) is 0 Å². The van der Waals surface area contributed by atoms with E-state index < -0.39 is 6.04 Å². The van der Waals surface area contributed by atoms with Crippen LogP contribution in [-0.2, 0) is 16.0 Å². The van der Waals surface area contributed by atoms with E-state index in [0.717, 1.165) is 24.1 Å². The van der Waals surface area contributed by atoms with Gasteiger partial charge < -0.3 is 14.6 Å². The number of fused-ring (bicyclic) bond motifs is 1. The van der Waals surface area contributed by atoms with Crippen LogP contribution in [0.3, 0.4) is 0 Å². The van der Waals surface area contributed by atoms with E-state index in [9.17, 15) is 9.59 Å². The molecule has 0 bridgehead atoms. The normalized spacial score (nSPS) is 16.6. The molecule has 0 spiro atoms. The Morgan fingerprint density at radius 2 is 2.07 bits per heavy atom. The van der Waals surface area contributed by atoms with Crippen LogP contribution < -0.4 is 5.32 Å². The van der Waals surface area contributed by atoms with E-state index in [1.807, 2.05) is 35.9 Å². The van der Waals surface area contributed by atoms with Crippen LogP contribution in [-0.4, -0.2) is 38.7 Å². The summed E-state index contributed by atoms with van der Waals surface area (Å²) in [4.78, 5) is 32.3. The Balaban J connectivity index is 1.49. The first kappa shape index (κ1) is 20.7. The van der Waals surface area contributed by atoms with E-state index in [-0.39, 0.29) is 18.2 Å². The van der Waals surface area contributed by atoms with Gasteiger partial charge in [-0.15, -0.1) is 0 Å². The highest BCUT2D eigenvalue weighted by molar-refractivity contribution is 6.36. The van der Waals surface area contributed by atoms with Gasteiger partial charge in [0.25, 0.3) is 0 Å². The second-order valence-electron chi connectivity index (χ2n) is 7.54. The van der Waals surface area contributed by atoms with E-state index in [0.29, 0.717) is 34.4 Å². The molecule has 1 N–H and O–H groups in total. The van der Waals surface area contributed by atoms with Crippen LogP contribution in [0.25, 0.3) is 5.65 Å². The van der Waals surface area contributed by atoms with Crippen molar-refractivity contribution in [1.82, 2.24) is 14.3 Å². The number of aryl methyl sites for hydroxylation is 1. The Morgan fingerprint density at radius 1 is 1.23 bits per heavy atom. The predicted molar refractivity (Wildman–Crippen MR) is 118 cm³/mol. The summed E-state index contributed by atoms with van der Waals surface area (Å²) in [7, 11) is 0. The molecular weight excluding hydrogens is 423 g/mol. The number of benzene rings is 1. The lowest BCUT2D eigenvalue weighted by Gasteiger charge is -2.34. The molecule has 1 aromatic carbocycles. The van der Waals surface area contributed by atoms with Crippen LogP contribution in [0.15, 0.2) is 42.7 Å². The largest absolute Gasteiger partial charge is 0.330 e. The zero-order chi connectivity index (χ0) is 21.3. The van der Waals surface area contributed by atoms with Crippen molar-refractivity contribution in [2.75, 3.05) is 11.9 Å². The lowest BCUT2D eigenvalue weighted by atomic mass is 10.0. The van der Waals surface area contributed by atoms with Gasteiger partial charge in [-0.25, -0.2) is 4.98 Å². The minimum absolute atomic E-state index is 0.0990. The smallest absolute Gasteiger partial charge is 0.247 e. The molecule has 2 aromatic heterocycles. The number of hydrogen-bond donors (Lipinski definition) is 1. The van der Waals surface area contributed by atoms with Gasteiger partial charge in [-0.1, -0.05) is 29.3 Å². The molecule has 0 saturated carbocycles. The maximum Gasteiger partial charge on any atom is 0.247 e. The van der Waals surface area contributed by atoms with Gasteiger partial charge in [-0.05, 0) is 56.0 Å². The summed E-state index contributed by atoms with van der Waals surface area (Å²) in [5.41, 5.74) is 3.07. The van der Waals surface area contributed by atoms with Crippen molar-refractivity contribution < 1.29 is 9.59 Å². The van der Waals surface area contributed by atoms with E-state index in [1.165, 1.54) is 0 Å². The second-order valence-corrected chi connectivity index (χ2v) is 8.39. The first-order valence-corrected chi connectivity index (χ1v) is 10.7. The zero-order valence-corrected chi connectivity index (χ0v) is 18.1. The van der Waals surface area contributed by atoms with Crippen molar-refractivity contribution in [2.45, 2.75) is 38.6 Å². The Hall–Kier alpha value is -2.57. The molecular formula is C22H22Cl2N4O2. The van der Waals surface area contributed by atoms with Crippen LogP contribution >= 0.6 is 23.2 Å². The molecule has 2 amide bonds. The number of nitrogens with one attached hydrogen (secondary N) is 1. The predicted octanol–water partition coefficient (Wildman–Crippen LogP) is 4.51. The number of imidazole rings is 1. The number of piperidine rings is 1. The summed E-state index contributed by atoms with van der Waals surface area (Å²) in [6.07, 6.45) is 6.33. The van der Waals surface area contributed by atoms with Crippen LogP contribution in [0.2, 0.25) is 10.0 Å². The molecule has 3 aromatic rings. The molecule has 1 unspecified atom stereocenters. The lowest BCUT2D eigenvalue weighted by Crippen LogP contribution is -2.50. The van der Waals surface area contributed by atoms with Gasteiger partial charge in [0, 0.05) is 24.0 Å². The van der Waals surface area contributed by atoms with Crippen molar-refractivity contribution >= 4 is 46.4 Å². The Kier molecular flexibility index (Phi) is 5.97. The van der Waals surface area contributed by atoms with Crippen LogP contribution in [0, 0.1) is 6.92 Å². The lowest BCUT2D eigenvalue weighted by molar-refractivity contribution is -0.139. The number of aromatic nitrogens is 2. The highest BCUT2D eigenvalue weighted by atomic mass is 35.5. The average molecular weight is 445 g/mol. The molecule has 3 heterocycles. The molecule has 156 valence electrons. The number of rotatable bonds is 4. The molecule has 1 fully saturated rings. The Bertz CT molecular complexity index is 1110. The number of anilines is 1. The van der Waals surface area contributed by atoms with Gasteiger partial charge in [0.2, 0.25) is 11.8 Å². The highest BCUT2D eigenvalue weighted by Gasteiger charge is 2.32. The third-order valence-electron chi connectivity index (χ3n) is 5.37. The van der Waals surface area contributed by atoms with E-state index >= 15 is 0 Å². The molecule has 1 aliphatic rings. The number of nitrogens with zero attached hydrogens (tertiary/aromatic N) is 3. The quantitative estimate of drug-likeness (QED) is 0.643. The van der Waals surface area contributed by atoms with Crippen LogP contribution in [0.1, 0.15) is 30.5 Å². The molecule has 1 atom stereocenters. The molecule has 1 aliphatic heterocycles. The monoisotopic (exact) mass is 444 g/mol. The van der Waals surface area contributed by atoms with Crippen LogP contribution in [0.5, 0.6) is 0 Å².